The molecule has 44 valence electrons. The predicted octanol–water partition coefficient (Wildman–Crippen LogP) is 0.277. The van der Waals surface area contributed by atoms with Crippen LogP contribution in [0.15, 0.2) is 4.99 Å². The first-order valence-corrected chi connectivity index (χ1v) is 2.47. The average Bonchev–Trinajstić information content (AvgIpc) is 1.81. The number of unbranched alkanes of at least 4 members (excludes halogenated alkanes) is 1. The maximum atomic E-state index is 8.02. The molecule has 0 saturated carbocycles. The molecule has 0 spiro atoms. The molecule has 0 aliphatic carbocycles. The Balaban J connectivity index is 2.94. The Labute approximate surface area is 48.8 Å². The molecule has 0 heterocycles. The molecule has 0 saturated heterocycles. The van der Waals surface area contributed by atoms with Gasteiger partial charge in [0.25, 0.3) is 0 Å². The van der Waals surface area contributed by atoms with Crippen LogP contribution in [0.4, 0.5) is 0 Å². The Morgan fingerprint density at radius 1 is 1.75 bits per heavy atom. The van der Waals surface area contributed by atoms with Gasteiger partial charge in [-0.25, -0.2) is 0 Å². The van der Waals surface area contributed by atoms with Gasteiger partial charge in [0.1, 0.15) is 0 Å². The fraction of sp³-hybridized carbons (Fsp3) is 0.600. The molecule has 0 amide bonds. The summed E-state index contributed by atoms with van der Waals surface area (Å²) in [6.07, 6.45) is 2.92. The van der Waals surface area contributed by atoms with E-state index in [9.17, 15) is 0 Å². The van der Waals surface area contributed by atoms with Crippen LogP contribution >= 0.6 is 0 Å². The highest BCUT2D eigenvalue weighted by Crippen LogP contribution is 1.78. The summed E-state index contributed by atoms with van der Waals surface area (Å²) in [6, 6.07) is 1.99. The third-order valence-electron chi connectivity index (χ3n) is 0.620. The lowest BCUT2D eigenvalue weighted by atomic mass is 10.4. The summed E-state index contributed by atoms with van der Waals surface area (Å²) in [5, 5.41) is 8.02. The Hall–Kier alpha value is -0.880. The highest BCUT2D eigenvalue weighted by Gasteiger charge is 1.74. The fourth-order valence-corrected chi connectivity index (χ4v) is 0.295. The molecule has 3 heteroatoms. The molecule has 2 N–H and O–H groups in total. The maximum Gasteiger partial charge on any atom is 0.0855 e. The number of rotatable bonds is 3. The first-order chi connectivity index (χ1) is 3.91. The molecule has 0 aromatic heterocycles. The van der Waals surface area contributed by atoms with Crippen molar-refractivity contribution in [3.8, 4) is 6.07 Å². The molecule has 0 fully saturated rings. The zero-order valence-electron chi connectivity index (χ0n) is 4.67. The molecule has 0 unspecified atom stereocenters. The van der Waals surface area contributed by atoms with Gasteiger partial charge < -0.3 is 5.73 Å². The minimum Gasteiger partial charge on any atom is -0.312 e. The van der Waals surface area contributed by atoms with Crippen molar-refractivity contribution in [2.24, 2.45) is 10.7 Å². The van der Waals surface area contributed by atoms with E-state index in [1.807, 2.05) is 6.07 Å². The van der Waals surface area contributed by atoms with Crippen LogP contribution in [0.25, 0.3) is 0 Å². The van der Waals surface area contributed by atoms with Crippen LogP contribution in [0.1, 0.15) is 12.8 Å². The Morgan fingerprint density at radius 2 is 2.50 bits per heavy atom. The molecular formula is C5H9N3. The Morgan fingerprint density at radius 3 is 3.00 bits per heavy atom. The van der Waals surface area contributed by atoms with E-state index in [-0.39, 0.29) is 0 Å². The van der Waals surface area contributed by atoms with Crippen molar-refractivity contribution in [2.45, 2.75) is 12.8 Å². The monoisotopic (exact) mass is 111 g/mol. The summed E-state index contributed by atoms with van der Waals surface area (Å²) in [5.74, 6) is 0. The Bertz CT molecular complexity index is 101. The quantitative estimate of drug-likeness (QED) is 0.420. The second kappa shape index (κ2) is 6.12. The van der Waals surface area contributed by atoms with Gasteiger partial charge in [0.15, 0.2) is 0 Å². The van der Waals surface area contributed by atoms with Crippen LogP contribution in [-0.2, 0) is 0 Å². The minimum atomic E-state index is 0.325. The van der Waals surface area contributed by atoms with Crippen molar-refractivity contribution in [3.05, 3.63) is 0 Å². The second-order valence-electron chi connectivity index (χ2n) is 1.24. The predicted molar refractivity (Wildman–Crippen MR) is 32.4 cm³/mol. The summed E-state index contributed by atoms with van der Waals surface area (Å²) >= 11 is 0. The van der Waals surface area contributed by atoms with Crippen molar-refractivity contribution in [1.29, 1.82) is 5.26 Å². The van der Waals surface area contributed by atoms with Crippen LogP contribution in [0, 0.1) is 11.3 Å². The van der Waals surface area contributed by atoms with Crippen molar-refractivity contribution in [2.75, 3.05) is 6.67 Å². The molecular weight excluding hydrogens is 102 g/mol. The molecule has 0 aromatic rings. The topological polar surface area (TPSA) is 62.2 Å². The standard InChI is InChI=1S/C5H9N3/c6-3-1-2-4-8-5-7/h4H,1-2,5,7H2. The molecule has 0 aliphatic rings. The zero-order valence-corrected chi connectivity index (χ0v) is 4.67. The van der Waals surface area contributed by atoms with Crippen LogP contribution in [-0.4, -0.2) is 12.9 Å². The van der Waals surface area contributed by atoms with Gasteiger partial charge >= 0.3 is 0 Å². The highest BCUT2D eigenvalue weighted by molar-refractivity contribution is 5.57. The average molecular weight is 111 g/mol. The van der Waals surface area contributed by atoms with Gasteiger partial charge in [-0.3, -0.25) is 4.99 Å². The third kappa shape index (κ3) is 5.12. The number of hydrogen-bond acceptors (Lipinski definition) is 3. The van der Waals surface area contributed by atoms with Crippen molar-refractivity contribution in [3.63, 3.8) is 0 Å². The third-order valence-corrected chi connectivity index (χ3v) is 0.620. The van der Waals surface area contributed by atoms with Crippen LogP contribution in [0.5, 0.6) is 0 Å². The van der Waals surface area contributed by atoms with E-state index < -0.39 is 0 Å². The van der Waals surface area contributed by atoms with E-state index in [0.29, 0.717) is 19.5 Å². The Kier molecular flexibility index (Phi) is 5.45. The summed E-state index contributed by atoms with van der Waals surface area (Å²) in [7, 11) is 0. The molecule has 3 nitrogen and oxygen atoms in total. The largest absolute Gasteiger partial charge is 0.312 e. The van der Waals surface area contributed by atoms with E-state index in [4.69, 9.17) is 11.0 Å². The normalized spacial score (nSPS) is 9.50. The van der Waals surface area contributed by atoms with Gasteiger partial charge in [0.2, 0.25) is 0 Å². The fourth-order valence-electron chi connectivity index (χ4n) is 0.295. The van der Waals surface area contributed by atoms with E-state index in [1.54, 1.807) is 6.21 Å². The van der Waals surface area contributed by atoms with Crippen molar-refractivity contribution < 1.29 is 0 Å². The van der Waals surface area contributed by atoms with Crippen LogP contribution in [0.3, 0.4) is 0 Å². The molecule has 0 radical (unpaired) electrons. The molecule has 0 bridgehead atoms. The number of hydrogen-bond donors (Lipinski definition) is 1. The summed E-state index contributed by atoms with van der Waals surface area (Å²) in [5.41, 5.74) is 5.03. The first-order valence-electron chi connectivity index (χ1n) is 2.47. The second-order valence-corrected chi connectivity index (χ2v) is 1.24. The lowest BCUT2D eigenvalue weighted by Crippen LogP contribution is -1.93. The van der Waals surface area contributed by atoms with Gasteiger partial charge in [-0.05, 0) is 6.42 Å². The minimum absolute atomic E-state index is 0.325. The first kappa shape index (κ1) is 7.12. The number of nitriles is 1. The smallest absolute Gasteiger partial charge is 0.0855 e. The molecule has 0 atom stereocenters. The number of nitrogens with two attached hydrogens (primary N) is 1. The molecule has 8 heavy (non-hydrogen) atoms. The van der Waals surface area contributed by atoms with Crippen molar-refractivity contribution >= 4 is 6.21 Å². The molecule has 0 aliphatic heterocycles. The number of aliphatic imine (C=N–C) groups is 1. The molecule has 0 aromatic carbocycles. The highest BCUT2D eigenvalue weighted by atomic mass is 14.8. The van der Waals surface area contributed by atoms with Gasteiger partial charge in [-0.15, -0.1) is 0 Å². The van der Waals surface area contributed by atoms with Crippen LogP contribution in [0.2, 0.25) is 0 Å². The summed E-state index contributed by atoms with van der Waals surface area (Å²) in [6.45, 7) is 0.325. The van der Waals surface area contributed by atoms with Gasteiger partial charge in [-0.2, -0.15) is 5.26 Å². The lowest BCUT2D eigenvalue weighted by molar-refractivity contribution is 1.04. The summed E-state index contributed by atoms with van der Waals surface area (Å²) in [4.78, 5) is 3.71. The van der Waals surface area contributed by atoms with Gasteiger partial charge in [0, 0.05) is 12.6 Å². The maximum absolute atomic E-state index is 8.02. The van der Waals surface area contributed by atoms with Gasteiger partial charge in [0.05, 0.1) is 12.7 Å². The van der Waals surface area contributed by atoms with E-state index in [1.165, 1.54) is 0 Å². The zero-order chi connectivity index (χ0) is 6.24. The van der Waals surface area contributed by atoms with E-state index in [2.05, 4.69) is 4.99 Å². The van der Waals surface area contributed by atoms with Crippen LogP contribution < -0.4 is 5.73 Å². The lowest BCUT2D eigenvalue weighted by Gasteiger charge is -1.79. The molecule has 0 rings (SSSR count). The van der Waals surface area contributed by atoms with E-state index >= 15 is 0 Å². The number of nitrogens with zero attached hydrogens (tertiary/aromatic N) is 2. The SMILES string of the molecule is N#CCCC=NCN. The van der Waals surface area contributed by atoms with Crippen molar-refractivity contribution in [1.82, 2.24) is 0 Å². The van der Waals surface area contributed by atoms with Gasteiger partial charge in [-0.1, -0.05) is 0 Å². The summed E-state index contributed by atoms with van der Waals surface area (Å²) < 4.78 is 0. The van der Waals surface area contributed by atoms with E-state index in [0.717, 1.165) is 0 Å².